The molecule has 1 N–H and O–H groups in total. The Morgan fingerprint density at radius 2 is 1.64 bits per heavy atom. The molecule has 0 bridgehead atoms. The predicted molar refractivity (Wildman–Crippen MR) is 112 cm³/mol. The second kappa shape index (κ2) is 8.27. The fourth-order valence-electron chi connectivity index (χ4n) is 3.24. The lowest BCUT2D eigenvalue weighted by molar-refractivity contribution is 0.102. The Morgan fingerprint density at radius 1 is 0.893 bits per heavy atom. The third-order valence-electron chi connectivity index (χ3n) is 4.69. The number of hydrogen-bond donors (Lipinski definition) is 1. The fourth-order valence-corrected chi connectivity index (χ4v) is 3.43. The van der Waals surface area contributed by atoms with Crippen LogP contribution < -0.4 is 15.1 Å². The second-order valence-electron chi connectivity index (χ2n) is 6.54. The molecule has 142 valence electrons. The second-order valence-corrected chi connectivity index (χ2v) is 6.97. The number of anilines is 3. The smallest absolute Gasteiger partial charge is 0.274 e. The van der Waals surface area contributed by atoms with E-state index in [1.165, 1.54) is 12.0 Å². The van der Waals surface area contributed by atoms with E-state index in [1.54, 1.807) is 30.3 Å². The minimum Gasteiger partial charge on any atom is -0.368 e. The fraction of sp³-hybridized carbons (Fsp3) is 0.190. The normalized spacial score (nSPS) is 14.0. The zero-order valence-corrected chi connectivity index (χ0v) is 16.0. The number of nitrogens with zero attached hydrogens (tertiary/aromatic N) is 4. The molecule has 0 spiro atoms. The lowest BCUT2D eigenvalue weighted by Crippen LogP contribution is -2.46. The van der Waals surface area contributed by atoms with E-state index in [0.717, 1.165) is 32.0 Å². The van der Waals surface area contributed by atoms with Gasteiger partial charge in [0.15, 0.2) is 0 Å². The number of carbonyl (C=O) groups excluding carboxylic acids is 1. The van der Waals surface area contributed by atoms with Gasteiger partial charge in [0.05, 0.1) is 0 Å². The van der Waals surface area contributed by atoms with E-state index in [9.17, 15) is 4.79 Å². The van der Waals surface area contributed by atoms with Crippen LogP contribution in [0.1, 0.15) is 10.5 Å². The Bertz CT molecular complexity index is 958. The quantitative estimate of drug-likeness (QED) is 0.732. The molecule has 0 radical (unpaired) electrons. The van der Waals surface area contributed by atoms with E-state index in [-0.39, 0.29) is 5.91 Å². The number of nitrogens with one attached hydrogen (secondary N) is 1. The molecule has 2 heterocycles. The third-order valence-corrected chi connectivity index (χ3v) is 4.93. The van der Waals surface area contributed by atoms with Crippen molar-refractivity contribution in [2.75, 3.05) is 41.3 Å². The summed E-state index contributed by atoms with van der Waals surface area (Å²) in [5.41, 5.74) is 2.19. The van der Waals surface area contributed by atoms with Crippen LogP contribution in [0.3, 0.4) is 0 Å². The Hall–Kier alpha value is -3.12. The summed E-state index contributed by atoms with van der Waals surface area (Å²) < 4.78 is 0. The van der Waals surface area contributed by atoms with Crippen LogP contribution in [-0.2, 0) is 0 Å². The maximum atomic E-state index is 12.5. The number of aromatic nitrogens is 2. The summed E-state index contributed by atoms with van der Waals surface area (Å²) in [7, 11) is 0. The lowest BCUT2D eigenvalue weighted by atomic mass is 10.2. The van der Waals surface area contributed by atoms with Gasteiger partial charge >= 0.3 is 0 Å². The molecule has 28 heavy (non-hydrogen) atoms. The van der Waals surface area contributed by atoms with Crippen molar-refractivity contribution in [3.63, 3.8) is 0 Å². The number of para-hydroxylation sites is 1. The van der Waals surface area contributed by atoms with Gasteiger partial charge in [0.2, 0.25) is 0 Å². The molecule has 3 aromatic rings. The van der Waals surface area contributed by atoms with Crippen LogP contribution in [0.25, 0.3) is 0 Å². The van der Waals surface area contributed by atoms with Gasteiger partial charge in [0.25, 0.3) is 5.91 Å². The van der Waals surface area contributed by atoms with Crippen molar-refractivity contribution in [2.45, 2.75) is 0 Å². The van der Waals surface area contributed by atoms with Gasteiger partial charge < -0.3 is 15.1 Å². The van der Waals surface area contributed by atoms with Crippen LogP contribution in [0, 0.1) is 0 Å². The molecule has 1 fully saturated rings. The van der Waals surface area contributed by atoms with Gasteiger partial charge in [-0.1, -0.05) is 35.9 Å². The largest absolute Gasteiger partial charge is 0.368 e. The average Bonchev–Trinajstić information content (AvgIpc) is 2.75. The van der Waals surface area contributed by atoms with Crippen LogP contribution in [0.2, 0.25) is 5.02 Å². The molecule has 1 aliphatic heterocycles. The van der Waals surface area contributed by atoms with Crippen molar-refractivity contribution in [1.82, 2.24) is 9.97 Å². The van der Waals surface area contributed by atoms with Crippen molar-refractivity contribution < 1.29 is 4.79 Å². The first-order valence-corrected chi connectivity index (χ1v) is 9.51. The summed E-state index contributed by atoms with van der Waals surface area (Å²) in [5.74, 6) is 0.479. The highest BCUT2D eigenvalue weighted by molar-refractivity contribution is 6.30. The van der Waals surface area contributed by atoms with Gasteiger partial charge in [-0.3, -0.25) is 4.79 Å². The van der Waals surface area contributed by atoms with Crippen LogP contribution >= 0.6 is 11.6 Å². The Morgan fingerprint density at radius 3 is 2.39 bits per heavy atom. The van der Waals surface area contributed by atoms with Gasteiger partial charge in [-0.15, -0.1) is 0 Å². The molecule has 1 aliphatic rings. The third kappa shape index (κ3) is 4.23. The minimum absolute atomic E-state index is 0.283. The molecule has 7 heteroatoms. The van der Waals surface area contributed by atoms with Crippen molar-refractivity contribution in [1.29, 1.82) is 0 Å². The Labute approximate surface area is 168 Å². The summed E-state index contributed by atoms with van der Waals surface area (Å²) >= 11 is 5.97. The zero-order valence-electron chi connectivity index (χ0n) is 15.3. The van der Waals surface area contributed by atoms with Crippen molar-refractivity contribution >= 4 is 34.7 Å². The van der Waals surface area contributed by atoms with E-state index >= 15 is 0 Å². The predicted octanol–water partition coefficient (Wildman–Crippen LogP) is 3.71. The lowest BCUT2D eigenvalue weighted by Gasteiger charge is -2.36. The van der Waals surface area contributed by atoms with Crippen LogP contribution in [0.15, 0.2) is 67.0 Å². The first-order valence-electron chi connectivity index (χ1n) is 9.13. The van der Waals surface area contributed by atoms with E-state index in [4.69, 9.17) is 11.6 Å². The molecule has 0 atom stereocenters. The number of halogens is 1. The summed E-state index contributed by atoms with van der Waals surface area (Å²) in [4.78, 5) is 25.5. The molecule has 6 nitrogen and oxygen atoms in total. The zero-order chi connectivity index (χ0) is 19.3. The summed E-state index contributed by atoms with van der Waals surface area (Å²) in [6.45, 7) is 3.47. The molecule has 2 aromatic carbocycles. The van der Waals surface area contributed by atoms with E-state index < -0.39 is 0 Å². The number of carbonyl (C=O) groups is 1. The van der Waals surface area contributed by atoms with E-state index in [0.29, 0.717) is 16.4 Å². The SMILES string of the molecule is O=C(Nc1cccc(Cl)c1)c1cc(N2CCN(c3ccccc3)CC2)ncn1. The molecule has 1 saturated heterocycles. The number of hydrogen-bond acceptors (Lipinski definition) is 5. The van der Waals surface area contributed by atoms with Crippen LogP contribution in [0.4, 0.5) is 17.2 Å². The highest BCUT2D eigenvalue weighted by Crippen LogP contribution is 2.20. The van der Waals surface area contributed by atoms with E-state index in [2.05, 4.69) is 49.4 Å². The molecule has 0 aliphatic carbocycles. The average molecular weight is 394 g/mol. The molecule has 0 saturated carbocycles. The van der Waals surface area contributed by atoms with Crippen molar-refractivity contribution in [3.8, 4) is 0 Å². The van der Waals surface area contributed by atoms with Gasteiger partial charge in [-0.25, -0.2) is 9.97 Å². The molecule has 1 aromatic heterocycles. The highest BCUT2D eigenvalue weighted by atomic mass is 35.5. The molecular formula is C21H20ClN5O. The Kier molecular flexibility index (Phi) is 5.39. The number of benzene rings is 2. The van der Waals surface area contributed by atoms with Crippen LogP contribution in [-0.4, -0.2) is 42.1 Å². The number of piperazine rings is 1. The molecule has 0 unspecified atom stereocenters. The van der Waals surface area contributed by atoms with Gasteiger partial charge in [-0.2, -0.15) is 0 Å². The monoisotopic (exact) mass is 393 g/mol. The standard InChI is InChI=1S/C21H20ClN5O/c22-16-5-4-6-17(13-16)25-21(28)19-14-20(24-15-23-19)27-11-9-26(10-12-27)18-7-2-1-3-8-18/h1-8,13-15H,9-12H2,(H,25,28). The van der Waals surface area contributed by atoms with E-state index in [1.807, 2.05) is 6.07 Å². The summed E-state index contributed by atoms with van der Waals surface area (Å²) in [6, 6.07) is 19.1. The molecule has 1 amide bonds. The Balaban J connectivity index is 1.42. The topological polar surface area (TPSA) is 61.4 Å². The number of amides is 1. The summed E-state index contributed by atoms with van der Waals surface area (Å²) in [6.07, 6.45) is 1.44. The number of rotatable bonds is 4. The molecule has 4 rings (SSSR count). The molecular weight excluding hydrogens is 374 g/mol. The van der Waals surface area contributed by atoms with Crippen LogP contribution in [0.5, 0.6) is 0 Å². The van der Waals surface area contributed by atoms with Gasteiger partial charge in [0.1, 0.15) is 17.8 Å². The van der Waals surface area contributed by atoms with Crippen molar-refractivity contribution in [3.05, 3.63) is 77.7 Å². The summed E-state index contributed by atoms with van der Waals surface area (Å²) in [5, 5.41) is 3.38. The first-order chi connectivity index (χ1) is 13.7. The van der Waals surface area contributed by atoms with Gasteiger partial charge in [-0.05, 0) is 30.3 Å². The highest BCUT2D eigenvalue weighted by Gasteiger charge is 2.19. The minimum atomic E-state index is -0.283. The first kappa shape index (κ1) is 18.3. The maximum Gasteiger partial charge on any atom is 0.274 e. The van der Waals surface area contributed by atoms with Gasteiger partial charge in [0, 0.05) is 48.6 Å². The van der Waals surface area contributed by atoms with Crippen molar-refractivity contribution in [2.24, 2.45) is 0 Å². The maximum absolute atomic E-state index is 12.5.